The molecular formula is C24H18Cl2FN3O. The molecule has 0 aliphatic rings. The summed E-state index contributed by atoms with van der Waals surface area (Å²) in [5.74, 6) is -1.02. The Bertz CT molecular complexity index is 1300. The molecule has 4 aromatic rings. The van der Waals surface area contributed by atoms with Crippen molar-refractivity contribution in [2.75, 3.05) is 5.32 Å². The molecule has 1 amide bonds. The van der Waals surface area contributed by atoms with Gasteiger partial charge in [0.1, 0.15) is 11.5 Å². The molecule has 0 atom stereocenters. The number of benzene rings is 3. The molecule has 0 saturated heterocycles. The topological polar surface area (TPSA) is 46.9 Å². The first-order valence-corrected chi connectivity index (χ1v) is 10.3. The van der Waals surface area contributed by atoms with E-state index < -0.39 is 11.7 Å². The third-order valence-electron chi connectivity index (χ3n) is 5.01. The molecule has 3 aromatic carbocycles. The average Bonchev–Trinajstić information content (AvgIpc) is 3.19. The quantitative estimate of drug-likeness (QED) is 0.367. The molecule has 0 spiro atoms. The van der Waals surface area contributed by atoms with Gasteiger partial charge in [-0.1, -0.05) is 47.5 Å². The summed E-state index contributed by atoms with van der Waals surface area (Å²) >= 11 is 12.2. The maximum Gasteiger partial charge on any atom is 0.274 e. The number of para-hydroxylation sites is 1. The number of rotatable bonds is 4. The summed E-state index contributed by atoms with van der Waals surface area (Å²) in [6, 6.07) is 18.6. The predicted octanol–water partition coefficient (Wildman–Crippen LogP) is 6.85. The molecule has 31 heavy (non-hydrogen) atoms. The predicted molar refractivity (Wildman–Crippen MR) is 123 cm³/mol. The van der Waals surface area contributed by atoms with Crippen LogP contribution in [0.15, 0.2) is 66.7 Å². The van der Waals surface area contributed by atoms with Gasteiger partial charge in [-0.3, -0.25) is 4.79 Å². The van der Waals surface area contributed by atoms with E-state index in [9.17, 15) is 9.18 Å². The number of halogens is 3. The van der Waals surface area contributed by atoms with Crippen LogP contribution in [0, 0.1) is 19.7 Å². The van der Waals surface area contributed by atoms with Crippen molar-refractivity contribution in [2.45, 2.75) is 13.8 Å². The van der Waals surface area contributed by atoms with Gasteiger partial charge in [0, 0.05) is 5.56 Å². The van der Waals surface area contributed by atoms with Crippen molar-refractivity contribution in [3.63, 3.8) is 0 Å². The summed E-state index contributed by atoms with van der Waals surface area (Å²) in [5.41, 5.74) is 4.61. The largest absolute Gasteiger partial charge is 0.318 e. The monoisotopic (exact) mass is 453 g/mol. The second kappa shape index (κ2) is 8.53. The Morgan fingerprint density at radius 1 is 0.935 bits per heavy atom. The van der Waals surface area contributed by atoms with Crippen LogP contribution >= 0.6 is 23.2 Å². The first-order valence-electron chi connectivity index (χ1n) is 9.52. The van der Waals surface area contributed by atoms with Gasteiger partial charge in [-0.25, -0.2) is 9.07 Å². The van der Waals surface area contributed by atoms with Crippen LogP contribution in [-0.4, -0.2) is 15.7 Å². The van der Waals surface area contributed by atoms with Gasteiger partial charge >= 0.3 is 0 Å². The van der Waals surface area contributed by atoms with Gasteiger partial charge in [0.05, 0.1) is 27.1 Å². The fourth-order valence-electron chi connectivity index (χ4n) is 3.15. The summed E-state index contributed by atoms with van der Waals surface area (Å²) in [7, 11) is 0. The maximum atomic E-state index is 14.1. The molecule has 1 aromatic heterocycles. The van der Waals surface area contributed by atoms with E-state index in [-0.39, 0.29) is 11.4 Å². The van der Waals surface area contributed by atoms with Gasteiger partial charge in [-0.05, 0) is 67.4 Å². The van der Waals surface area contributed by atoms with Gasteiger partial charge in [0.25, 0.3) is 5.91 Å². The molecule has 4 rings (SSSR count). The number of hydrogen-bond donors (Lipinski definition) is 1. The molecule has 0 fully saturated rings. The minimum atomic E-state index is -0.522. The average molecular weight is 454 g/mol. The van der Waals surface area contributed by atoms with E-state index in [4.69, 9.17) is 23.2 Å². The lowest BCUT2D eigenvalue weighted by Crippen LogP contribution is -2.17. The van der Waals surface area contributed by atoms with E-state index in [0.29, 0.717) is 21.4 Å². The SMILES string of the molecule is Cc1ccc(-c2cc(C(=O)Nc3ccccc3F)n(-c3ccc(Cl)c(Cl)c3)n2)cc1C. The molecule has 0 aliphatic carbocycles. The number of carbonyl (C=O) groups is 1. The summed E-state index contributed by atoms with van der Waals surface area (Å²) in [4.78, 5) is 13.1. The molecule has 1 N–H and O–H groups in total. The minimum Gasteiger partial charge on any atom is -0.318 e. The second-order valence-electron chi connectivity index (χ2n) is 7.16. The van der Waals surface area contributed by atoms with Crippen molar-refractivity contribution >= 4 is 34.8 Å². The van der Waals surface area contributed by atoms with Crippen molar-refractivity contribution in [3.05, 3.63) is 99.4 Å². The van der Waals surface area contributed by atoms with Crippen molar-refractivity contribution < 1.29 is 9.18 Å². The number of carbonyl (C=O) groups excluding carboxylic acids is 1. The van der Waals surface area contributed by atoms with Crippen LogP contribution in [0.3, 0.4) is 0 Å². The Labute approximate surface area is 189 Å². The molecule has 1 heterocycles. The molecule has 7 heteroatoms. The number of amides is 1. The fraction of sp³-hybridized carbons (Fsp3) is 0.0833. The third kappa shape index (κ3) is 4.33. The molecule has 156 valence electrons. The van der Waals surface area contributed by atoms with Gasteiger partial charge < -0.3 is 5.32 Å². The zero-order valence-corrected chi connectivity index (χ0v) is 18.3. The molecule has 0 saturated carbocycles. The number of aromatic nitrogens is 2. The number of nitrogens with zero attached hydrogens (tertiary/aromatic N) is 2. The Kier molecular flexibility index (Phi) is 5.81. The number of aryl methyl sites for hydroxylation is 2. The highest BCUT2D eigenvalue weighted by Gasteiger charge is 2.19. The highest BCUT2D eigenvalue weighted by atomic mass is 35.5. The Morgan fingerprint density at radius 2 is 1.71 bits per heavy atom. The Morgan fingerprint density at radius 3 is 2.42 bits per heavy atom. The summed E-state index contributed by atoms with van der Waals surface area (Å²) in [6.07, 6.45) is 0. The van der Waals surface area contributed by atoms with Crippen molar-refractivity contribution in [1.29, 1.82) is 0 Å². The first kappa shape index (κ1) is 21.1. The smallest absolute Gasteiger partial charge is 0.274 e. The molecular weight excluding hydrogens is 436 g/mol. The van der Waals surface area contributed by atoms with Crippen LogP contribution in [0.5, 0.6) is 0 Å². The highest BCUT2D eigenvalue weighted by Crippen LogP contribution is 2.28. The zero-order chi connectivity index (χ0) is 22.1. The maximum absolute atomic E-state index is 14.1. The number of hydrogen-bond acceptors (Lipinski definition) is 2. The molecule has 0 aliphatic heterocycles. The molecule has 0 radical (unpaired) electrons. The minimum absolute atomic E-state index is 0.0853. The van der Waals surface area contributed by atoms with Crippen LogP contribution in [-0.2, 0) is 0 Å². The third-order valence-corrected chi connectivity index (χ3v) is 5.75. The van der Waals surface area contributed by atoms with Crippen molar-refractivity contribution in [2.24, 2.45) is 0 Å². The van der Waals surface area contributed by atoms with E-state index in [1.807, 2.05) is 32.0 Å². The Balaban J connectivity index is 1.82. The van der Waals surface area contributed by atoms with Crippen LogP contribution in [0.25, 0.3) is 16.9 Å². The lowest BCUT2D eigenvalue weighted by molar-refractivity contribution is 0.101. The normalized spacial score (nSPS) is 10.9. The van der Waals surface area contributed by atoms with Gasteiger partial charge in [-0.15, -0.1) is 0 Å². The van der Waals surface area contributed by atoms with Gasteiger partial charge in [0.15, 0.2) is 0 Å². The van der Waals surface area contributed by atoms with Crippen molar-refractivity contribution in [3.8, 4) is 16.9 Å². The second-order valence-corrected chi connectivity index (χ2v) is 7.97. The lowest BCUT2D eigenvalue weighted by atomic mass is 10.0. The molecule has 4 nitrogen and oxygen atoms in total. The van der Waals surface area contributed by atoms with Crippen molar-refractivity contribution in [1.82, 2.24) is 9.78 Å². The summed E-state index contributed by atoms with van der Waals surface area (Å²) < 4.78 is 15.5. The Hall–Kier alpha value is -3.15. The van der Waals surface area contributed by atoms with E-state index >= 15 is 0 Å². The highest BCUT2D eigenvalue weighted by molar-refractivity contribution is 6.42. The van der Waals surface area contributed by atoms with Crippen LogP contribution in [0.1, 0.15) is 21.6 Å². The molecule has 0 bridgehead atoms. The summed E-state index contributed by atoms with van der Waals surface area (Å²) in [6.45, 7) is 4.04. The first-order chi connectivity index (χ1) is 14.8. The fourth-order valence-corrected chi connectivity index (χ4v) is 3.44. The van der Waals surface area contributed by atoms with Crippen LogP contribution in [0.2, 0.25) is 10.0 Å². The molecule has 0 unspecified atom stereocenters. The van der Waals surface area contributed by atoms with Crippen LogP contribution < -0.4 is 5.32 Å². The van der Waals surface area contributed by atoms with Crippen LogP contribution in [0.4, 0.5) is 10.1 Å². The van der Waals surface area contributed by atoms with E-state index in [2.05, 4.69) is 10.4 Å². The number of nitrogens with one attached hydrogen (secondary N) is 1. The standard InChI is InChI=1S/C24H18Cl2FN3O/c1-14-7-8-16(11-15(14)2)22-13-23(24(31)28-21-6-4-3-5-20(21)27)30(29-22)17-9-10-18(25)19(26)12-17/h3-13H,1-2H3,(H,28,31). The zero-order valence-electron chi connectivity index (χ0n) is 16.8. The van der Waals surface area contributed by atoms with E-state index in [1.54, 1.807) is 36.4 Å². The van der Waals surface area contributed by atoms with Gasteiger partial charge in [-0.2, -0.15) is 5.10 Å². The number of anilines is 1. The summed E-state index contributed by atoms with van der Waals surface area (Å²) in [5, 5.41) is 7.98. The van der Waals surface area contributed by atoms with E-state index in [0.717, 1.165) is 16.7 Å². The van der Waals surface area contributed by atoms with Gasteiger partial charge in [0.2, 0.25) is 0 Å². The van der Waals surface area contributed by atoms with E-state index in [1.165, 1.54) is 16.8 Å². The lowest BCUT2D eigenvalue weighted by Gasteiger charge is -2.09.